The van der Waals surface area contributed by atoms with E-state index >= 15 is 0 Å². The average molecular weight is 426 g/mol. The van der Waals surface area contributed by atoms with Gasteiger partial charge in [0, 0.05) is 37.0 Å². The molecule has 0 bridgehead atoms. The Morgan fingerprint density at radius 2 is 2.17 bits per heavy atom. The van der Waals surface area contributed by atoms with Gasteiger partial charge in [0.25, 0.3) is 5.91 Å². The van der Waals surface area contributed by atoms with Crippen molar-refractivity contribution in [2.75, 3.05) is 13.1 Å². The molecular weight excluding hydrogens is 401 g/mol. The fraction of sp³-hybridized carbons (Fsp3) is 0.348. The van der Waals surface area contributed by atoms with E-state index in [1.54, 1.807) is 19.2 Å². The quantitative estimate of drug-likeness (QED) is 0.644. The molecule has 3 heterocycles. The predicted octanol–water partition coefficient (Wildman–Crippen LogP) is 4.18. The lowest BCUT2D eigenvalue weighted by Gasteiger charge is -2.17. The van der Waals surface area contributed by atoms with Crippen LogP contribution in [0.15, 0.2) is 36.5 Å². The first-order chi connectivity index (χ1) is 14.4. The van der Waals surface area contributed by atoms with Crippen LogP contribution in [0.25, 0.3) is 10.2 Å². The monoisotopic (exact) mass is 425 g/mol. The molecule has 1 aromatic carbocycles. The van der Waals surface area contributed by atoms with Crippen LogP contribution in [0.1, 0.15) is 51.5 Å². The van der Waals surface area contributed by atoms with Gasteiger partial charge >= 0.3 is 0 Å². The van der Waals surface area contributed by atoms with Crippen LogP contribution in [0.3, 0.4) is 0 Å². The number of primary amides is 1. The fourth-order valence-corrected chi connectivity index (χ4v) is 5.31. The third kappa shape index (κ3) is 4.07. The van der Waals surface area contributed by atoms with Crippen LogP contribution in [0.2, 0.25) is 0 Å². The Labute approximate surface area is 178 Å². The number of benzene rings is 1. The summed E-state index contributed by atoms with van der Waals surface area (Å²) >= 11 is 1.33. The Kier molecular flexibility index (Phi) is 5.81. The zero-order valence-electron chi connectivity index (χ0n) is 16.9. The molecule has 0 unspecified atom stereocenters. The number of aromatic nitrogens is 1. The van der Waals surface area contributed by atoms with Gasteiger partial charge in [0.15, 0.2) is 0 Å². The Morgan fingerprint density at radius 1 is 1.33 bits per heavy atom. The summed E-state index contributed by atoms with van der Waals surface area (Å²) in [7, 11) is 0. The van der Waals surface area contributed by atoms with E-state index in [9.17, 15) is 14.0 Å². The molecule has 1 aliphatic heterocycles. The van der Waals surface area contributed by atoms with Gasteiger partial charge in [0.2, 0.25) is 5.91 Å². The molecule has 5 nitrogen and oxygen atoms in total. The SMILES string of the molecule is Cc1cc(CCCC(=O)N2CC[C@@H](c3c(C(N)=O)sc4ncccc34)C2)ccc1F. The lowest BCUT2D eigenvalue weighted by Crippen LogP contribution is -2.28. The van der Waals surface area contributed by atoms with Gasteiger partial charge in [-0.3, -0.25) is 9.59 Å². The van der Waals surface area contributed by atoms with Crippen LogP contribution in [0, 0.1) is 12.7 Å². The predicted molar refractivity (Wildman–Crippen MR) is 116 cm³/mol. The summed E-state index contributed by atoms with van der Waals surface area (Å²) in [5.41, 5.74) is 8.23. The van der Waals surface area contributed by atoms with E-state index in [1.165, 1.54) is 17.4 Å². The van der Waals surface area contributed by atoms with E-state index in [0.717, 1.165) is 40.6 Å². The molecule has 4 rings (SSSR count). The first kappa shape index (κ1) is 20.5. The van der Waals surface area contributed by atoms with Gasteiger partial charge in [0.05, 0.1) is 4.88 Å². The third-order valence-corrected chi connectivity index (χ3v) is 6.90. The number of thiophene rings is 1. The summed E-state index contributed by atoms with van der Waals surface area (Å²) in [6, 6.07) is 8.93. The summed E-state index contributed by atoms with van der Waals surface area (Å²) < 4.78 is 13.4. The maximum Gasteiger partial charge on any atom is 0.259 e. The summed E-state index contributed by atoms with van der Waals surface area (Å²) in [6.07, 6.45) is 4.45. The molecule has 1 fully saturated rings. The largest absolute Gasteiger partial charge is 0.365 e. The summed E-state index contributed by atoms with van der Waals surface area (Å²) in [5, 5.41) is 0.960. The van der Waals surface area contributed by atoms with Crippen molar-refractivity contribution < 1.29 is 14.0 Å². The number of amides is 2. The van der Waals surface area contributed by atoms with Crippen molar-refractivity contribution in [2.45, 2.75) is 38.5 Å². The van der Waals surface area contributed by atoms with Gasteiger partial charge < -0.3 is 10.6 Å². The molecule has 1 saturated heterocycles. The zero-order valence-corrected chi connectivity index (χ0v) is 17.7. The second kappa shape index (κ2) is 8.52. The summed E-state index contributed by atoms with van der Waals surface area (Å²) in [5.74, 6) is -0.430. The molecule has 1 aliphatic rings. The number of fused-ring (bicyclic) bond motifs is 1. The molecule has 2 aromatic heterocycles. The first-order valence-electron chi connectivity index (χ1n) is 10.1. The van der Waals surface area contributed by atoms with Crippen molar-refractivity contribution in [3.8, 4) is 0 Å². The van der Waals surface area contributed by atoms with Crippen molar-refractivity contribution in [2.24, 2.45) is 5.73 Å². The Morgan fingerprint density at radius 3 is 2.93 bits per heavy atom. The minimum absolute atomic E-state index is 0.0918. The number of carbonyl (C=O) groups is 2. The molecule has 2 amide bonds. The Bertz CT molecular complexity index is 1110. The van der Waals surface area contributed by atoms with Crippen LogP contribution < -0.4 is 5.73 Å². The van der Waals surface area contributed by atoms with E-state index < -0.39 is 5.91 Å². The van der Waals surface area contributed by atoms with Crippen molar-refractivity contribution >= 4 is 33.4 Å². The topological polar surface area (TPSA) is 76.3 Å². The second-order valence-corrected chi connectivity index (χ2v) is 8.83. The normalized spacial score (nSPS) is 16.3. The number of pyridine rings is 1. The van der Waals surface area contributed by atoms with Crippen molar-refractivity contribution in [3.63, 3.8) is 0 Å². The third-order valence-electron chi connectivity index (χ3n) is 5.76. The average Bonchev–Trinajstić information content (AvgIpc) is 3.35. The lowest BCUT2D eigenvalue weighted by atomic mass is 9.95. The number of aryl methyl sites for hydroxylation is 2. The molecule has 0 aliphatic carbocycles. The van der Waals surface area contributed by atoms with Gasteiger partial charge in [-0.05, 0) is 55.0 Å². The maximum absolute atomic E-state index is 13.4. The number of nitrogens with two attached hydrogens (primary N) is 1. The number of carbonyl (C=O) groups excluding carboxylic acids is 2. The Hall–Kier alpha value is -2.80. The number of hydrogen-bond donors (Lipinski definition) is 1. The van der Waals surface area contributed by atoms with Gasteiger partial charge in [-0.1, -0.05) is 18.2 Å². The maximum atomic E-state index is 13.4. The van der Waals surface area contributed by atoms with Crippen LogP contribution >= 0.6 is 11.3 Å². The van der Waals surface area contributed by atoms with Crippen LogP contribution in [-0.4, -0.2) is 34.8 Å². The molecule has 156 valence electrons. The first-order valence-corrected chi connectivity index (χ1v) is 11.0. The number of rotatable bonds is 6. The highest BCUT2D eigenvalue weighted by Gasteiger charge is 2.32. The van der Waals surface area contributed by atoms with Gasteiger partial charge in [-0.25, -0.2) is 9.37 Å². The highest BCUT2D eigenvalue weighted by molar-refractivity contribution is 7.20. The standard InChI is InChI=1S/C23H24FN3O2S/c1-14-12-15(7-8-18(14)24)4-2-6-19(28)27-11-9-16(13-27)20-17-5-3-10-26-23(17)30-21(20)22(25)29/h3,5,7-8,10,12,16H,2,4,6,9,11,13H2,1H3,(H2,25,29)/t16-/m1/s1. The van der Waals surface area contributed by atoms with Crippen molar-refractivity contribution in [1.29, 1.82) is 0 Å². The smallest absolute Gasteiger partial charge is 0.259 e. The van der Waals surface area contributed by atoms with E-state index in [1.807, 2.05) is 23.1 Å². The van der Waals surface area contributed by atoms with Gasteiger partial charge in [0.1, 0.15) is 10.6 Å². The number of likely N-dealkylation sites (tertiary alicyclic amines) is 1. The number of halogens is 1. The van der Waals surface area contributed by atoms with Gasteiger partial charge in [-0.2, -0.15) is 0 Å². The molecule has 0 radical (unpaired) electrons. The highest BCUT2D eigenvalue weighted by Crippen LogP contribution is 2.39. The molecule has 0 saturated carbocycles. The van der Waals surface area contributed by atoms with E-state index in [0.29, 0.717) is 30.0 Å². The van der Waals surface area contributed by atoms with E-state index in [2.05, 4.69) is 4.98 Å². The minimum atomic E-state index is -0.438. The van der Waals surface area contributed by atoms with Crippen molar-refractivity contribution in [3.05, 3.63) is 63.9 Å². The zero-order chi connectivity index (χ0) is 21.3. The Balaban J connectivity index is 1.40. The lowest BCUT2D eigenvalue weighted by molar-refractivity contribution is -0.130. The molecule has 2 N–H and O–H groups in total. The van der Waals surface area contributed by atoms with Gasteiger partial charge in [-0.15, -0.1) is 11.3 Å². The van der Waals surface area contributed by atoms with E-state index in [-0.39, 0.29) is 17.6 Å². The van der Waals surface area contributed by atoms with Crippen LogP contribution in [-0.2, 0) is 11.2 Å². The van der Waals surface area contributed by atoms with Crippen LogP contribution in [0.5, 0.6) is 0 Å². The highest BCUT2D eigenvalue weighted by atomic mass is 32.1. The summed E-state index contributed by atoms with van der Waals surface area (Å²) in [6.45, 7) is 3.02. The van der Waals surface area contributed by atoms with Crippen LogP contribution in [0.4, 0.5) is 4.39 Å². The molecule has 7 heteroatoms. The molecule has 30 heavy (non-hydrogen) atoms. The molecule has 0 spiro atoms. The van der Waals surface area contributed by atoms with Crippen molar-refractivity contribution in [1.82, 2.24) is 9.88 Å². The number of nitrogens with zero attached hydrogens (tertiary/aromatic N) is 2. The molecule has 1 atom stereocenters. The molecular formula is C23H24FN3O2S. The molecule has 3 aromatic rings. The second-order valence-electron chi connectivity index (χ2n) is 7.83. The van der Waals surface area contributed by atoms with E-state index in [4.69, 9.17) is 5.73 Å². The number of hydrogen-bond acceptors (Lipinski definition) is 4. The summed E-state index contributed by atoms with van der Waals surface area (Å²) in [4.78, 5) is 32.3. The fourth-order valence-electron chi connectivity index (χ4n) is 4.23. The minimum Gasteiger partial charge on any atom is -0.365 e.